The molecule has 31 heavy (non-hydrogen) atoms. The summed E-state index contributed by atoms with van der Waals surface area (Å²) in [4.78, 5) is 13.2. The normalized spacial score (nSPS) is 14.0. The van der Waals surface area contributed by atoms with Gasteiger partial charge >= 0.3 is 0 Å². The van der Waals surface area contributed by atoms with E-state index in [4.69, 9.17) is 23.2 Å². The third kappa shape index (κ3) is 6.35. The van der Waals surface area contributed by atoms with E-state index in [1.54, 1.807) is 26.0 Å². The van der Waals surface area contributed by atoms with Crippen molar-refractivity contribution in [2.24, 2.45) is 0 Å². The zero-order valence-electron chi connectivity index (χ0n) is 17.5. The Bertz CT molecular complexity index is 1170. The third-order valence-electron chi connectivity index (χ3n) is 4.64. The van der Waals surface area contributed by atoms with Crippen LogP contribution in [0, 0.1) is 0 Å². The number of nitrogens with one attached hydrogen (secondary N) is 1. The van der Waals surface area contributed by atoms with Crippen molar-refractivity contribution < 1.29 is 21.6 Å². The Morgan fingerprint density at radius 1 is 1.03 bits per heavy atom. The number of hydrogen-bond donors (Lipinski definition) is 1. The second-order valence-electron chi connectivity index (χ2n) is 7.15. The molecule has 11 heteroatoms. The largest absolute Gasteiger partial charge is 0.348 e. The first-order valence-electron chi connectivity index (χ1n) is 9.30. The number of carbonyl (C=O) groups is 1. The Kier molecular flexibility index (Phi) is 8.02. The Morgan fingerprint density at radius 2 is 1.61 bits per heavy atom. The van der Waals surface area contributed by atoms with Crippen LogP contribution >= 0.6 is 23.2 Å². The molecule has 0 aliphatic rings. The number of halogens is 2. The highest BCUT2D eigenvalue weighted by Crippen LogP contribution is 2.33. The lowest BCUT2D eigenvalue weighted by Gasteiger charge is -2.31. The molecule has 0 unspecified atom stereocenters. The molecule has 0 bridgehead atoms. The lowest BCUT2D eigenvalue weighted by Crippen LogP contribution is -2.49. The van der Waals surface area contributed by atoms with Crippen LogP contribution < -0.4 is 9.62 Å². The van der Waals surface area contributed by atoms with Crippen LogP contribution in [-0.4, -0.2) is 41.3 Å². The zero-order chi connectivity index (χ0) is 23.6. The zero-order valence-corrected chi connectivity index (χ0v) is 20.6. The quantitative estimate of drug-likeness (QED) is 0.586. The van der Waals surface area contributed by atoms with Gasteiger partial charge in [0.2, 0.25) is 15.9 Å². The van der Waals surface area contributed by atoms with Gasteiger partial charge in [-0.15, -0.1) is 0 Å². The molecule has 1 amide bonds. The van der Waals surface area contributed by atoms with Crippen molar-refractivity contribution in [2.75, 3.05) is 16.8 Å². The van der Waals surface area contributed by atoms with Crippen LogP contribution in [0.4, 0.5) is 5.69 Å². The SMILES string of the molecule is CC[C@@H](C(=O)N[C@@H](C)c1ccc(S(C)(=O)=O)cc1)N(c1cc(Cl)ccc1Cl)S(C)(=O)=O. The maximum absolute atomic E-state index is 13.1. The van der Waals surface area contributed by atoms with Gasteiger partial charge in [0, 0.05) is 11.3 Å². The van der Waals surface area contributed by atoms with E-state index in [0.717, 1.165) is 16.8 Å². The number of benzene rings is 2. The summed E-state index contributed by atoms with van der Waals surface area (Å²) in [5, 5.41) is 3.22. The molecule has 0 aliphatic heterocycles. The highest BCUT2D eigenvalue weighted by molar-refractivity contribution is 7.92. The Balaban J connectivity index is 2.34. The fourth-order valence-electron chi connectivity index (χ4n) is 3.09. The van der Waals surface area contributed by atoms with Crippen molar-refractivity contribution in [3.05, 3.63) is 58.1 Å². The molecular weight excluding hydrogens is 483 g/mol. The van der Waals surface area contributed by atoms with Gasteiger partial charge in [0.1, 0.15) is 6.04 Å². The minimum Gasteiger partial charge on any atom is -0.348 e. The number of rotatable bonds is 8. The first-order valence-corrected chi connectivity index (χ1v) is 13.8. The number of hydrogen-bond acceptors (Lipinski definition) is 5. The summed E-state index contributed by atoms with van der Waals surface area (Å²) in [7, 11) is -7.21. The van der Waals surface area contributed by atoms with Crippen molar-refractivity contribution in [3.8, 4) is 0 Å². The van der Waals surface area contributed by atoms with E-state index in [9.17, 15) is 21.6 Å². The molecule has 0 heterocycles. The average Bonchev–Trinajstić information content (AvgIpc) is 2.66. The number of sulfone groups is 1. The van der Waals surface area contributed by atoms with Crippen LogP contribution in [0.5, 0.6) is 0 Å². The van der Waals surface area contributed by atoms with Gasteiger partial charge in [-0.3, -0.25) is 9.10 Å². The van der Waals surface area contributed by atoms with E-state index in [1.807, 2.05) is 0 Å². The van der Waals surface area contributed by atoms with Gasteiger partial charge in [-0.05, 0) is 49.2 Å². The number of anilines is 1. The number of carbonyl (C=O) groups excluding carboxylic acids is 1. The lowest BCUT2D eigenvalue weighted by molar-refractivity contribution is -0.122. The van der Waals surface area contributed by atoms with Crippen LogP contribution in [0.1, 0.15) is 31.9 Å². The van der Waals surface area contributed by atoms with Crippen molar-refractivity contribution in [3.63, 3.8) is 0 Å². The Hall–Kier alpha value is -1.81. The molecule has 2 aromatic carbocycles. The summed E-state index contributed by atoms with van der Waals surface area (Å²) in [6.45, 7) is 3.41. The maximum atomic E-state index is 13.1. The van der Waals surface area contributed by atoms with Crippen molar-refractivity contribution in [1.82, 2.24) is 5.32 Å². The summed E-state index contributed by atoms with van der Waals surface area (Å²) in [5.74, 6) is -0.524. The molecule has 7 nitrogen and oxygen atoms in total. The highest BCUT2D eigenvalue weighted by Gasteiger charge is 2.33. The molecule has 170 valence electrons. The minimum absolute atomic E-state index is 0.115. The van der Waals surface area contributed by atoms with E-state index >= 15 is 0 Å². The molecule has 0 saturated heterocycles. The van der Waals surface area contributed by atoms with Crippen molar-refractivity contribution >= 4 is 54.7 Å². The van der Waals surface area contributed by atoms with Crippen LogP contribution in [0.25, 0.3) is 0 Å². The van der Waals surface area contributed by atoms with Gasteiger partial charge < -0.3 is 5.32 Å². The van der Waals surface area contributed by atoms with Gasteiger partial charge in [-0.25, -0.2) is 16.8 Å². The Labute approximate surface area is 193 Å². The van der Waals surface area contributed by atoms with E-state index in [0.29, 0.717) is 5.56 Å². The molecule has 2 aromatic rings. The number of sulfonamides is 1. The van der Waals surface area contributed by atoms with Gasteiger partial charge in [-0.2, -0.15) is 0 Å². The predicted molar refractivity (Wildman–Crippen MR) is 124 cm³/mol. The van der Waals surface area contributed by atoms with Crippen LogP contribution in [0.3, 0.4) is 0 Å². The molecule has 0 fully saturated rings. The smallest absolute Gasteiger partial charge is 0.244 e. The van der Waals surface area contributed by atoms with E-state index < -0.39 is 37.9 Å². The molecule has 2 rings (SSSR count). The van der Waals surface area contributed by atoms with E-state index in [2.05, 4.69) is 5.32 Å². The van der Waals surface area contributed by atoms with E-state index in [1.165, 1.54) is 30.3 Å². The van der Waals surface area contributed by atoms with Gasteiger partial charge in [0.05, 0.1) is 27.9 Å². The Morgan fingerprint density at radius 3 is 2.10 bits per heavy atom. The van der Waals surface area contributed by atoms with Crippen LogP contribution in [0.2, 0.25) is 10.0 Å². The first kappa shape index (κ1) is 25.5. The van der Waals surface area contributed by atoms with Crippen LogP contribution in [0.15, 0.2) is 47.4 Å². The molecular formula is C20H24Cl2N2O5S2. The first-order chi connectivity index (χ1) is 14.3. The fraction of sp³-hybridized carbons (Fsp3) is 0.350. The minimum atomic E-state index is -3.87. The fourth-order valence-corrected chi connectivity index (χ4v) is 5.36. The highest BCUT2D eigenvalue weighted by atomic mass is 35.5. The summed E-state index contributed by atoms with van der Waals surface area (Å²) in [5.41, 5.74) is 0.783. The van der Waals surface area contributed by atoms with Crippen molar-refractivity contribution in [1.29, 1.82) is 0 Å². The monoisotopic (exact) mass is 506 g/mol. The lowest BCUT2D eigenvalue weighted by atomic mass is 10.1. The summed E-state index contributed by atoms with van der Waals surface area (Å²) in [6.07, 6.45) is 2.29. The van der Waals surface area contributed by atoms with Crippen LogP contribution in [-0.2, 0) is 24.7 Å². The standard InChI is InChI=1S/C20H24Cl2N2O5S2/c1-5-18(24(31(4,28)29)19-12-15(21)8-11-17(19)22)20(25)23-13(2)14-6-9-16(10-7-14)30(3,26)27/h6-13,18H,5H2,1-4H3,(H,23,25)/t13-,18-/m0/s1. The van der Waals surface area contributed by atoms with E-state index in [-0.39, 0.29) is 27.0 Å². The van der Waals surface area contributed by atoms with Crippen molar-refractivity contribution in [2.45, 2.75) is 37.2 Å². The van der Waals surface area contributed by atoms with Gasteiger partial charge in [-0.1, -0.05) is 42.3 Å². The number of amides is 1. The second kappa shape index (κ2) is 9.77. The predicted octanol–water partition coefficient (Wildman–Crippen LogP) is 3.82. The molecule has 2 atom stereocenters. The summed E-state index contributed by atoms with van der Waals surface area (Å²) >= 11 is 12.2. The molecule has 0 aromatic heterocycles. The molecule has 0 spiro atoms. The van der Waals surface area contributed by atoms with Gasteiger partial charge in [0.25, 0.3) is 0 Å². The molecule has 0 saturated carbocycles. The van der Waals surface area contributed by atoms with Gasteiger partial charge in [0.15, 0.2) is 9.84 Å². The number of nitrogens with zero attached hydrogens (tertiary/aromatic N) is 1. The average molecular weight is 507 g/mol. The molecule has 1 N–H and O–H groups in total. The molecule has 0 aliphatic carbocycles. The summed E-state index contributed by atoms with van der Waals surface area (Å²) < 4.78 is 49.4. The second-order valence-corrected chi connectivity index (χ2v) is 11.9. The molecule has 0 radical (unpaired) electrons. The summed E-state index contributed by atoms with van der Waals surface area (Å²) in [6, 6.07) is 8.95. The topological polar surface area (TPSA) is 101 Å². The maximum Gasteiger partial charge on any atom is 0.244 e. The third-order valence-corrected chi connectivity index (χ3v) is 7.49.